The lowest BCUT2D eigenvalue weighted by molar-refractivity contribution is -0.143. The van der Waals surface area contributed by atoms with Gasteiger partial charge in [0.15, 0.2) is 0 Å². The third-order valence-corrected chi connectivity index (χ3v) is 5.41. The van der Waals surface area contributed by atoms with Crippen molar-refractivity contribution in [3.05, 3.63) is 29.8 Å². The number of rotatable bonds is 16. The van der Waals surface area contributed by atoms with Crippen LogP contribution in [0.4, 0.5) is 0 Å². The minimum atomic E-state index is -1.53. The SMILES string of the molecule is CC(O)C(N)C(=O)NC(CCC(N)=O)C(=O)NC(CCC(=O)O)C(=O)NC(Cc1ccc(O)cc1)C(=O)O. The molecule has 1 aromatic rings. The fraction of sp³-hybridized carbons (Fsp3) is 0.478. The van der Waals surface area contributed by atoms with Crippen LogP contribution in [0.3, 0.4) is 0 Å². The van der Waals surface area contributed by atoms with Crippen molar-refractivity contribution in [1.29, 1.82) is 0 Å². The van der Waals surface area contributed by atoms with E-state index in [1.807, 2.05) is 0 Å². The first kappa shape index (κ1) is 31.8. The number of benzene rings is 1. The number of primary amides is 1. The minimum absolute atomic E-state index is 0.0477. The molecule has 0 heterocycles. The zero-order valence-electron chi connectivity index (χ0n) is 20.6. The molecule has 5 atom stereocenters. The summed E-state index contributed by atoms with van der Waals surface area (Å²) in [5.41, 5.74) is 11.1. The highest BCUT2D eigenvalue weighted by molar-refractivity contribution is 5.94. The Balaban J connectivity index is 3.08. The van der Waals surface area contributed by atoms with Crippen LogP contribution in [0.2, 0.25) is 0 Å². The van der Waals surface area contributed by atoms with Crippen molar-refractivity contribution in [1.82, 2.24) is 16.0 Å². The first-order chi connectivity index (χ1) is 17.7. The van der Waals surface area contributed by atoms with Crippen LogP contribution in [0.1, 0.15) is 38.2 Å². The van der Waals surface area contributed by atoms with Gasteiger partial charge < -0.3 is 47.8 Å². The summed E-state index contributed by atoms with van der Waals surface area (Å²) >= 11 is 0. The summed E-state index contributed by atoms with van der Waals surface area (Å²) in [6, 6.07) is -0.292. The molecule has 0 bridgehead atoms. The van der Waals surface area contributed by atoms with Gasteiger partial charge >= 0.3 is 11.9 Å². The Labute approximate surface area is 217 Å². The van der Waals surface area contributed by atoms with Crippen LogP contribution < -0.4 is 27.4 Å². The highest BCUT2D eigenvalue weighted by Crippen LogP contribution is 2.12. The molecule has 0 aliphatic heterocycles. The van der Waals surface area contributed by atoms with Crippen LogP contribution in [-0.4, -0.2) is 86.3 Å². The normalized spacial score (nSPS) is 14.7. The van der Waals surface area contributed by atoms with Gasteiger partial charge in [0.25, 0.3) is 0 Å². The molecule has 5 unspecified atom stereocenters. The molecule has 0 spiro atoms. The first-order valence-corrected chi connectivity index (χ1v) is 11.6. The Morgan fingerprint density at radius 1 is 0.816 bits per heavy atom. The van der Waals surface area contributed by atoms with Crippen molar-refractivity contribution < 1.29 is 49.2 Å². The number of nitrogens with one attached hydrogen (secondary N) is 3. The number of carbonyl (C=O) groups is 6. The molecule has 11 N–H and O–H groups in total. The minimum Gasteiger partial charge on any atom is -0.508 e. The largest absolute Gasteiger partial charge is 0.508 e. The van der Waals surface area contributed by atoms with Gasteiger partial charge in [-0.2, -0.15) is 0 Å². The number of amides is 4. The lowest BCUT2D eigenvalue weighted by atomic mass is 10.0. The number of hydrogen-bond donors (Lipinski definition) is 9. The predicted molar refractivity (Wildman–Crippen MR) is 130 cm³/mol. The number of aliphatic hydroxyl groups is 1. The molecule has 0 aromatic heterocycles. The number of carboxylic acids is 2. The Morgan fingerprint density at radius 3 is 1.74 bits per heavy atom. The van der Waals surface area contributed by atoms with Crippen LogP contribution in [0, 0.1) is 0 Å². The van der Waals surface area contributed by atoms with Crippen LogP contribution in [0.5, 0.6) is 5.75 Å². The molecule has 0 fully saturated rings. The van der Waals surface area contributed by atoms with Gasteiger partial charge in [-0.05, 0) is 37.5 Å². The lowest BCUT2D eigenvalue weighted by Crippen LogP contribution is -2.58. The maximum absolute atomic E-state index is 12.9. The standard InChI is InChI=1S/C23H33N5O10/c1-11(29)19(25)22(36)27-14(6-8-17(24)31)20(34)26-15(7-9-18(32)33)21(35)28-16(23(37)38)10-12-2-4-13(30)5-3-12/h2-5,11,14-16,19,29-30H,6-10,25H2,1H3,(H2,24,31)(H,26,34)(H,27,36)(H,28,35)(H,32,33)(H,37,38). The van der Waals surface area contributed by atoms with Crippen molar-refractivity contribution in [2.45, 2.75) is 69.3 Å². The maximum atomic E-state index is 12.9. The van der Waals surface area contributed by atoms with E-state index < -0.39 is 78.7 Å². The third-order valence-electron chi connectivity index (χ3n) is 5.41. The molecule has 0 saturated carbocycles. The molecular weight excluding hydrogens is 506 g/mol. The second-order valence-electron chi connectivity index (χ2n) is 8.60. The summed E-state index contributed by atoms with van der Waals surface area (Å²) in [6.07, 6.45) is -3.10. The summed E-state index contributed by atoms with van der Waals surface area (Å²) < 4.78 is 0. The molecule has 15 nitrogen and oxygen atoms in total. The second-order valence-corrected chi connectivity index (χ2v) is 8.60. The van der Waals surface area contributed by atoms with E-state index in [2.05, 4.69) is 16.0 Å². The van der Waals surface area contributed by atoms with E-state index in [0.717, 1.165) is 0 Å². The van der Waals surface area contributed by atoms with Crippen LogP contribution in [0.15, 0.2) is 24.3 Å². The fourth-order valence-corrected chi connectivity index (χ4v) is 3.19. The number of phenolic OH excluding ortho intramolecular Hbond substituents is 1. The summed E-state index contributed by atoms with van der Waals surface area (Å²) in [5.74, 6) is -6.48. The van der Waals surface area contributed by atoms with E-state index in [1.165, 1.54) is 31.2 Å². The maximum Gasteiger partial charge on any atom is 0.326 e. The lowest BCUT2D eigenvalue weighted by Gasteiger charge is -2.25. The molecule has 0 radical (unpaired) electrons. The Hall–Kier alpha value is -4.24. The highest BCUT2D eigenvalue weighted by atomic mass is 16.4. The zero-order chi connectivity index (χ0) is 29.0. The Kier molecular flexibility index (Phi) is 12.6. The summed E-state index contributed by atoms with van der Waals surface area (Å²) in [7, 11) is 0. The van der Waals surface area contributed by atoms with Crippen molar-refractivity contribution in [3.63, 3.8) is 0 Å². The van der Waals surface area contributed by atoms with Gasteiger partial charge in [0.1, 0.15) is 29.9 Å². The number of aliphatic hydroxyl groups excluding tert-OH is 1. The zero-order valence-corrected chi connectivity index (χ0v) is 20.6. The van der Waals surface area contributed by atoms with E-state index in [0.29, 0.717) is 5.56 Å². The molecule has 1 aromatic carbocycles. The molecular formula is C23H33N5O10. The number of phenols is 1. The van der Waals surface area contributed by atoms with Gasteiger partial charge in [-0.1, -0.05) is 12.1 Å². The molecule has 38 heavy (non-hydrogen) atoms. The molecule has 4 amide bonds. The van der Waals surface area contributed by atoms with E-state index in [1.54, 1.807) is 0 Å². The van der Waals surface area contributed by atoms with Crippen molar-refractivity contribution in [2.24, 2.45) is 11.5 Å². The van der Waals surface area contributed by atoms with Gasteiger partial charge in [0, 0.05) is 19.3 Å². The highest BCUT2D eigenvalue weighted by Gasteiger charge is 2.31. The average molecular weight is 540 g/mol. The van der Waals surface area contributed by atoms with E-state index in [4.69, 9.17) is 16.6 Å². The Morgan fingerprint density at radius 2 is 1.29 bits per heavy atom. The Bertz CT molecular complexity index is 1010. The summed E-state index contributed by atoms with van der Waals surface area (Å²) in [6.45, 7) is 1.24. The monoisotopic (exact) mass is 539 g/mol. The molecule has 0 aliphatic rings. The van der Waals surface area contributed by atoms with Crippen LogP contribution >= 0.6 is 0 Å². The summed E-state index contributed by atoms with van der Waals surface area (Å²) in [4.78, 5) is 72.2. The van der Waals surface area contributed by atoms with Gasteiger partial charge in [0.2, 0.25) is 23.6 Å². The van der Waals surface area contributed by atoms with E-state index >= 15 is 0 Å². The molecule has 0 aliphatic carbocycles. The number of carboxylic acid groups (broad SMARTS) is 2. The summed E-state index contributed by atoms with van der Waals surface area (Å²) in [5, 5.41) is 44.3. The first-order valence-electron chi connectivity index (χ1n) is 11.6. The topological polar surface area (TPSA) is 271 Å². The van der Waals surface area contributed by atoms with Gasteiger partial charge in [-0.25, -0.2) is 4.79 Å². The quantitative estimate of drug-likeness (QED) is 0.104. The molecule has 210 valence electrons. The predicted octanol–water partition coefficient (Wildman–Crippen LogP) is -2.69. The van der Waals surface area contributed by atoms with Crippen LogP contribution in [0.25, 0.3) is 0 Å². The molecule has 0 saturated heterocycles. The number of nitrogens with two attached hydrogens (primary N) is 2. The second kappa shape index (κ2) is 15.1. The van der Waals surface area contributed by atoms with Crippen molar-refractivity contribution in [3.8, 4) is 5.75 Å². The number of aromatic hydroxyl groups is 1. The van der Waals surface area contributed by atoms with Gasteiger partial charge in [-0.15, -0.1) is 0 Å². The number of hydrogen-bond acceptors (Lipinski definition) is 9. The number of aliphatic carboxylic acids is 2. The average Bonchev–Trinajstić information content (AvgIpc) is 2.83. The third kappa shape index (κ3) is 11.2. The number of carbonyl (C=O) groups excluding carboxylic acids is 4. The molecule has 1 rings (SSSR count). The van der Waals surface area contributed by atoms with Gasteiger partial charge in [0.05, 0.1) is 6.10 Å². The van der Waals surface area contributed by atoms with E-state index in [-0.39, 0.29) is 25.0 Å². The fourth-order valence-electron chi connectivity index (χ4n) is 3.19. The van der Waals surface area contributed by atoms with Gasteiger partial charge in [-0.3, -0.25) is 24.0 Å². The smallest absolute Gasteiger partial charge is 0.326 e. The van der Waals surface area contributed by atoms with E-state index in [9.17, 15) is 44.1 Å². The van der Waals surface area contributed by atoms with Crippen molar-refractivity contribution in [2.75, 3.05) is 0 Å². The van der Waals surface area contributed by atoms with Crippen LogP contribution in [-0.2, 0) is 35.2 Å². The van der Waals surface area contributed by atoms with Crippen molar-refractivity contribution >= 4 is 35.6 Å². The molecule has 15 heteroatoms.